The van der Waals surface area contributed by atoms with Gasteiger partial charge in [0.05, 0.1) is 6.54 Å². The third-order valence-electron chi connectivity index (χ3n) is 2.80. The van der Waals surface area contributed by atoms with E-state index in [-0.39, 0.29) is 5.41 Å². The van der Waals surface area contributed by atoms with E-state index in [1.807, 2.05) is 4.57 Å². The third kappa shape index (κ3) is 2.72. The maximum atomic E-state index is 6.13. The molecule has 2 aromatic rings. The van der Waals surface area contributed by atoms with Crippen molar-refractivity contribution < 1.29 is 0 Å². The summed E-state index contributed by atoms with van der Waals surface area (Å²) in [6.07, 6.45) is 0. The van der Waals surface area contributed by atoms with Crippen LogP contribution in [0.1, 0.15) is 37.7 Å². The van der Waals surface area contributed by atoms with Gasteiger partial charge in [-0.15, -0.1) is 10.2 Å². The molecule has 0 aliphatic carbocycles. The fourth-order valence-electron chi connectivity index (χ4n) is 1.97. The lowest BCUT2D eigenvalue weighted by molar-refractivity contribution is 0.510. The second-order valence-electron chi connectivity index (χ2n) is 5.62. The van der Waals surface area contributed by atoms with E-state index in [1.165, 1.54) is 11.1 Å². The molecule has 1 aromatic heterocycles. The molecule has 0 aliphatic rings. The molecule has 3 nitrogen and oxygen atoms in total. The van der Waals surface area contributed by atoms with Gasteiger partial charge in [0.25, 0.3) is 0 Å². The SMILES string of the molecule is Cc1cccc(Cn2c(Cl)nnc2C(C)(C)C)c1. The normalized spacial score (nSPS) is 11.8. The molecule has 96 valence electrons. The van der Waals surface area contributed by atoms with Gasteiger partial charge in [-0.1, -0.05) is 50.6 Å². The summed E-state index contributed by atoms with van der Waals surface area (Å²) >= 11 is 6.13. The van der Waals surface area contributed by atoms with Crippen LogP contribution >= 0.6 is 11.6 Å². The topological polar surface area (TPSA) is 30.7 Å². The molecule has 0 saturated heterocycles. The van der Waals surface area contributed by atoms with E-state index in [0.29, 0.717) is 11.8 Å². The molecular formula is C14H18ClN3. The van der Waals surface area contributed by atoms with E-state index in [9.17, 15) is 0 Å². The van der Waals surface area contributed by atoms with Crippen LogP contribution in [0.2, 0.25) is 5.28 Å². The highest BCUT2D eigenvalue weighted by molar-refractivity contribution is 6.28. The summed E-state index contributed by atoms with van der Waals surface area (Å²) in [4.78, 5) is 0. The molecule has 0 amide bonds. The minimum absolute atomic E-state index is 0.0655. The number of halogens is 1. The average molecular weight is 264 g/mol. The van der Waals surface area contributed by atoms with Crippen molar-refractivity contribution in [3.8, 4) is 0 Å². The maximum Gasteiger partial charge on any atom is 0.225 e. The summed E-state index contributed by atoms with van der Waals surface area (Å²) in [5.41, 5.74) is 2.39. The Labute approximate surface area is 113 Å². The highest BCUT2D eigenvalue weighted by Gasteiger charge is 2.23. The first-order valence-corrected chi connectivity index (χ1v) is 6.40. The van der Waals surface area contributed by atoms with Crippen LogP contribution < -0.4 is 0 Å². The quantitative estimate of drug-likeness (QED) is 0.829. The van der Waals surface area contributed by atoms with Gasteiger partial charge < -0.3 is 0 Å². The fourth-order valence-corrected chi connectivity index (χ4v) is 2.15. The number of aromatic nitrogens is 3. The summed E-state index contributed by atoms with van der Waals surface area (Å²) in [5, 5.41) is 8.61. The monoisotopic (exact) mass is 263 g/mol. The summed E-state index contributed by atoms with van der Waals surface area (Å²) < 4.78 is 1.97. The van der Waals surface area contributed by atoms with Gasteiger partial charge in [0.15, 0.2) is 0 Å². The lowest BCUT2D eigenvalue weighted by Gasteiger charge is -2.19. The van der Waals surface area contributed by atoms with Crippen LogP contribution in [0.4, 0.5) is 0 Å². The Bertz CT molecular complexity index is 552. The standard InChI is InChI=1S/C14H18ClN3/c1-10-6-5-7-11(8-10)9-18-12(14(2,3)4)16-17-13(18)15/h5-8H,9H2,1-4H3. The Morgan fingerprint density at radius 1 is 1.22 bits per heavy atom. The smallest absolute Gasteiger partial charge is 0.225 e. The van der Waals surface area contributed by atoms with Crippen molar-refractivity contribution in [2.75, 3.05) is 0 Å². The van der Waals surface area contributed by atoms with Gasteiger partial charge in [-0.05, 0) is 24.1 Å². The number of nitrogens with zero attached hydrogens (tertiary/aromatic N) is 3. The average Bonchev–Trinajstić information content (AvgIpc) is 2.60. The molecule has 0 fully saturated rings. The van der Waals surface area contributed by atoms with Crippen LogP contribution in [0.3, 0.4) is 0 Å². The van der Waals surface area contributed by atoms with Gasteiger partial charge in [0.2, 0.25) is 5.28 Å². The van der Waals surface area contributed by atoms with Gasteiger partial charge in [0, 0.05) is 5.41 Å². The summed E-state index contributed by atoms with van der Waals surface area (Å²) in [5.74, 6) is 0.911. The number of aryl methyl sites for hydroxylation is 1. The molecule has 18 heavy (non-hydrogen) atoms. The summed E-state index contributed by atoms with van der Waals surface area (Å²) in [6.45, 7) is 9.13. The van der Waals surface area contributed by atoms with Crippen LogP contribution in [0, 0.1) is 6.92 Å². The lowest BCUT2D eigenvalue weighted by Crippen LogP contribution is -2.19. The zero-order valence-corrected chi connectivity index (χ0v) is 12.0. The van der Waals surface area contributed by atoms with Crippen molar-refractivity contribution in [1.29, 1.82) is 0 Å². The molecule has 2 rings (SSSR count). The van der Waals surface area contributed by atoms with E-state index in [0.717, 1.165) is 5.82 Å². The van der Waals surface area contributed by atoms with Crippen LogP contribution in [0.25, 0.3) is 0 Å². The van der Waals surface area contributed by atoms with Crippen LogP contribution in [-0.2, 0) is 12.0 Å². The molecule has 1 aromatic carbocycles. The Hall–Kier alpha value is -1.35. The van der Waals surface area contributed by atoms with Crippen molar-refractivity contribution in [2.24, 2.45) is 0 Å². The zero-order valence-electron chi connectivity index (χ0n) is 11.2. The predicted molar refractivity (Wildman–Crippen MR) is 74.0 cm³/mol. The second kappa shape index (κ2) is 4.73. The summed E-state index contributed by atoms with van der Waals surface area (Å²) in [6, 6.07) is 8.39. The van der Waals surface area contributed by atoms with E-state index < -0.39 is 0 Å². The molecule has 0 radical (unpaired) electrons. The van der Waals surface area contributed by atoms with E-state index in [4.69, 9.17) is 11.6 Å². The summed E-state index contributed by atoms with van der Waals surface area (Å²) in [7, 11) is 0. The fraction of sp³-hybridized carbons (Fsp3) is 0.429. The molecule has 0 aliphatic heterocycles. The molecule has 1 heterocycles. The molecule has 0 spiro atoms. The van der Waals surface area contributed by atoms with Gasteiger partial charge in [-0.2, -0.15) is 0 Å². The van der Waals surface area contributed by atoms with Gasteiger partial charge >= 0.3 is 0 Å². The predicted octanol–water partition coefficient (Wildman–Crippen LogP) is 3.59. The number of rotatable bonds is 2. The minimum Gasteiger partial charge on any atom is -0.297 e. The first-order chi connectivity index (χ1) is 8.38. The first kappa shape index (κ1) is 13.1. The number of benzene rings is 1. The Kier molecular flexibility index (Phi) is 3.44. The largest absolute Gasteiger partial charge is 0.297 e. The maximum absolute atomic E-state index is 6.13. The van der Waals surface area contributed by atoms with E-state index in [2.05, 4.69) is 62.2 Å². The molecule has 4 heteroatoms. The molecule has 0 N–H and O–H groups in total. The number of hydrogen-bond acceptors (Lipinski definition) is 2. The zero-order chi connectivity index (χ0) is 13.3. The second-order valence-corrected chi connectivity index (χ2v) is 5.96. The lowest BCUT2D eigenvalue weighted by atomic mass is 9.95. The Morgan fingerprint density at radius 2 is 1.94 bits per heavy atom. The molecular weight excluding hydrogens is 246 g/mol. The third-order valence-corrected chi connectivity index (χ3v) is 3.08. The van der Waals surface area contributed by atoms with Crippen LogP contribution in [-0.4, -0.2) is 14.8 Å². The van der Waals surface area contributed by atoms with E-state index in [1.54, 1.807) is 0 Å². The van der Waals surface area contributed by atoms with Gasteiger partial charge in [-0.25, -0.2) is 0 Å². The van der Waals surface area contributed by atoms with Crippen molar-refractivity contribution in [3.05, 3.63) is 46.5 Å². The van der Waals surface area contributed by atoms with Crippen LogP contribution in [0.5, 0.6) is 0 Å². The minimum atomic E-state index is -0.0655. The Balaban J connectivity index is 2.37. The van der Waals surface area contributed by atoms with Crippen molar-refractivity contribution in [1.82, 2.24) is 14.8 Å². The Morgan fingerprint density at radius 3 is 2.56 bits per heavy atom. The highest BCUT2D eigenvalue weighted by atomic mass is 35.5. The molecule has 0 unspecified atom stereocenters. The highest BCUT2D eigenvalue weighted by Crippen LogP contribution is 2.24. The van der Waals surface area contributed by atoms with Crippen LogP contribution in [0.15, 0.2) is 24.3 Å². The van der Waals surface area contributed by atoms with Crippen molar-refractivity contribution in [2.45, 2.75) is 39.7 Å². The van der Waals surface area contributed by atoms with Gasteiger partial charge in [-0.3, -0.25) is 4.57 Å². The molecule has 0 saturated carbocycles. The first-order valence-electron chi connectivity index (χ1n) is 6.02. The van der Waals surface area contributed by atoms with E-state index >= 15 is 0 Å². The molecule has 0 bridgehead atoms. The van der Waals surface area contributed by atoms with Crippen molar-refractivity contribution >= 4 is 11.6 Å². The van der Waals surface area contributed by atoms with Crippen molar-refractivity contribution in [3.63, 3.8) is 0 Å². The number of hydrogen-bond donors (Lipinski definition) is 0. The molecule has 0 atom stereocenters. The van der Waals surface area contributed by atoms with Gasteiger partial charge in [0.1, 0.15) is 5.82 Å².